The largest absolute Gasteiger partial charge is 0.467 e. The molecular weight excluding hydrogens is 268 g/mol. The van der Waals surface area contributed by atoms with Crippen LogP contribution >= 0.6 is 0 Å². The number of methoxy groups -OCH3 is 1. The van der Waals surface area contributed by atoms with Crippen molar-refractivity contribution in [3.05, 3.63) is 36.7 Å². The summed E-state index contributed by atoms with van der Waals surface area (Å²) in [6.07, 6.45) is 7.08. The molecule has 4 rings (SSSR count). The van der Waals surface area contributed by atoms with Gasteiger partial charge in [0.25, 0.3) is 0 Å². The quantitative estimate of drug-likeness (QED) is 0.607. The van der Waals surface area contributed by atoms with Gasteiger partial charge in [0.15, 0.2) is 5.65 Å². The molecular formula is C14H12N6O. The highest BCUT2D eigenvalue weighted by Crippen LogP contribution is 2.26. The lowest BCUT2D eigenvalue weighted by Gasteiger charge is -2.01. The number of H-pyrrole nitrogens is 1. The summed E-state index contributed by atoms with van der Waals surface area (Å²) in [5.74, 6) is 0.891. The van der Waals surface area contributed by atoms with E-state index in [4.69, 9.17) is 4.74 Å². The fourth-order valence-electron chi connectivity index (χ4n) is 2.49. The van der Waals surface area contributed by atoms with Crippen LogP contribution in [0.3, 0.4) is 0 Å². The monoisotopic (exact) mass is 280 g/mol. The number of hydrogen-bond donors (Lipinski definition) is 1. The van der Waals surface area contributed by atoms with Gasteiger partial charge in [-0.25, -0.2) is 19.9 Å². The minimum absolute atomic E-state index is 0.338. The smallest absolute Gasteiger partial charge is 0.316 e. The number of fused-ring (bicyclic) bond motifs is 3. The molecule has 4 aromatic heterocycles. The van der Waals surface area contributed by atoms with Crippen LogP contribution in [0.25, 0.3) is 27.9 Å². The topological polar surface area (TPSA) is 81.0 Å². The van der Waals surface area contributed by atoms with E-state index in [2.05, 4.69) is 29.3 Å². The molecule has 0 aliphatic rings. The van der Waals surface area contributed by atoms with Crippen molar-refractivity contribution in [2.24, 2.45) is 0 Å². The highest BCUT2D eigenvalue weighted by Gasteiger charge is 2.14. The third kappa shape index (κ3) is 1.67. The number of hydrogen-bond acceptors (Lipinski definition) is 5. The van der Waals surface area contributed by atoms with Crippen LogP contribution in [0.2, 0.25) is 0 Å². The van der Waals surface area contributed by atoms with Crippen molar-refractivity contribution >= 4 is 16.7 Å². The molecule has 104 valence electrons. The zero-order valence-electron chi connectivity index (χ0n) is 11.5. The molecule has 0 fully saturated rings. The van der Waals surface area contributed by atoms with Crippen LogP contribution in [-0.4, -0.2) is 36.4 Å². The SMILES string of the molecule is COc1ncc(-c2nc(C)n3c2cnc2[nH]ccc23)cn1. The minimum atomic E-state index is 0.338. The summed E-state index contributed by atoms with van der Waals surface area (Å²) in [6, 6.07) is 2.32. The van der Waals surface area contributed by atoms with Crippen molar-refractivity contribution in [3.8, 4) is 17.3 Å². The molecule has 0 radical (unpaired) electrons. The lowest BCUT2D eigenvalue weighted by atomic mass is 10.2. The highest BCUT2D eigenvalue weighted by atomic mass is 16.5. The fraction of sp³-hybridized carbons (Fsp3) is 0.143. The molecule has 21 heavy (non-hydrogen) atoms. The minimum Gasteiger partial charge on any atom is -0.467 e. The molecule has 0 spiro atoms. The number of nitrogens with one attached hydrogen (secondary N) is 1. The molecule has 0 unspecified atom stereocenters. The number of aromatic nitrogens is 6. The number of rotatable bonds is 2. The Morgan fingerprint density at radius 1 is 1.10 bits per heavy atom. The van der Waals surface area contributed by atoms with Crippen molar-refractivity contribution in [1.82, 2.24) is 29.3 Å². The maximum atomic E-state index is 4.98. The molecule has 0 aliphatic carbocycles. The Morgan fingerprint density at radius 2 is 1.90 bits per heavy atom. The van der Waals surface area contributed by atoms with E-state index in [9.17, 15) is 0 Å². The Bertz CT molecular complexity index is 937. The van der Waals surface area contributed by atoms with Crippen LogP contribution in [0.4, 0.5) is 0 Å². The predicted octanol–water partition coefficient (Wildman–Crippen LogP) is 1.98. The van der Waals surface area contributed by atoms with Crippen LogP contribution in [0, 0.1) is 6.92 Å². The molecule has 4 heterocycles. The van der Waals surface area contributed by atoms with E-state index < -0.39 is 0 Å². The first-order chi connectivity index (χ1) is 10.3. The van der Waals surface area contributed by atoms with Gasteiger partial charge in [0.05, 0.1) is 24.3 Å². The third-order valence-electron chi connectivity index (χ3n) is 3.43. The van der Waals surface area contributed by atoms with Crippen LogP contribution < -0.4 is 4.74 Å². The van der Waals surface area contributed by atoms with E-state index >= 15 is 0 Å². The van der Waals surface area contributed by atoms with Crippen LogP contribution in [0.5, 0.6) is 6.01 Å². The van der Waals surface area contributed by atoms with Gasteiger partial charge < -0.3 is 9.72 Å². The van der Waals surface area contributed by atoms with E-state index in [1.165, 1.54) is 7.11 Å². The fourth-order valence-corrected chi connectivity index (χ4v) is 2.49. The van der Waals surface area contributed by atoms with Gasteiger partial charge in [0.1, 0.15) is 11.5 Å². The Morgan fingerprint density at radius 3 is 2.67 bits per heavy atom. The van der Waals surface area contributed by atoms with Crippen LogP contribution in [0.15, 0.2) is 30.9 Å². The van der Waals surface area contributed by atoms with Crippen molar-refractivity contribution in [2.75, 3.05) is 7.11 Å². The normalized spacial score (nSPS) is 11.3. The summed E-state index contributed by atoms with van der Waals surface area (Å²) < 4.78 is 7.05. The summed E-state index contributed by atoms with van der Waals surface area (Å²) in [4.78, 5) is 20.4. The molecule has 0 aromatic carbocycles. The van der Waals surface area contributed by atoms with Gasteiger partial charge >= 0.3 is 6.01 Å². The zero-order valence-corrected chi connectivity index (χ0v) is 11.5. The van der Waals surface area contributed by atoms with Crippen molar-refractivity contribution in [3.63, 3.8) is 0 Å². The van der Waals surface area contributed by atoms with Crippen LogP contribution in [-0.2, 0) is 0 Å². The van der Waals surface area contributed by atoms with Crippen molar-refractivity contribution in [1.29, 1.82) is 0 Å². The zero-order chi connectivity index (χ0) is 14.4. The summed E-state index contributed by atoms with van der Waals surface area (Å²) in [7, 11) is 1.54. The van der Waals surface area contributed by atoms with Gasteiger partial charge in [0.2, 0.25) is 0 Å². The van der Waals surface area contributed by atoms with E-state index in [0.717, 1.165) is 33.8 Å². The molecule has 0 amide bonds. The van der Waals surface area contributed by atoms with Gasteiger partial charge in [-0.15, -0.1) is 0 Å². The molecule has 0 bridgehead atoms. The number of aryl methyl sites for hydroxylation is 1. The molecule has 0 aliphatic heterocycles. The molecule has 0 saturated heterocycles. The summed E-state index contributed by atoms with van der Waals surface area (Å²) >= 11 is 0. The first kappa shape index (κ1) is 11.8. The second kappa shape index (κ2) is 4.27. The summed E-state index contributed by atoms with van der Waals surface area (Å²) in [5.41, 5.74) is 4.40. The first-order valence-electron chi connectivity index (χ1n) is 6.45. The third-order valence-corrected chi connectivity index (χ3v) is 3.43. The van der Waals surface area contributed by atoms with Crippen molar-refractivity contribution in [2.45, 2.75) is 6.92 Å². The summed E-state index contributed by atoms with van der Waals surface area (Å²) in [6.45, 7) is 1.97. The van der Waals surface area contributed by atoms with Gasteiger partial charge in [-0.1, -0.05) is 0 Å². The number of nitrogens with zero attached hydrogens (tertiary/aromatic N) is 5. The van der Waals surface area contributed by atoms with E-state index in [1.54, 1.807) is 18.6 Å². The van der Waals surface area contributed by atoms with Gasteiger partial charge in [-0.3, -0.25) is 4.40 Å². The molecule has 0 atom stereocenters. The standard InChI is InChI=1S/C14H12N6O/c1-8-19-12(9-5-17-14(21-2)18-6-9)11-7-16-13-10(20(8)11)3-4-15-13/h3-7,15H,1-2H3. The van der Waals surface area contributed by atoms with Crippen molar-refractivity contribution < 1.29 is 4.74 Å². The predicted molar refractivity (Wildman–Crippen MR) is 77.2 cm³/mol. The Kier molecular flexibility index (Phi) is 2.41. The second-order valence-corrected chi connectivity index (χ2v) is 4.66. The van der Waals surface area contributed by atoms with E-state index in [-0.39, 0.29) is 0 Å². The second-order valence-electron chi connectivity index (χ2n) is 4.66. The molecule has 7 heteroatoms. The molecule has 1 N–H and O–H groups in total. The van der Waals surface area contributed by atoms with Gasteiger partial charge in [-0.2, -0.15) is 0 Å². The molecule has 7 nitrogen and oxygen atoms in total. The average Bonchev–Trinajstić information content (AvgIpc) is 3.11. The van der Waals surface area contributed by atoms with Gasteiger partial charge in [0, 0.05) is 24.2 Å². The number of aromatic amines is 1. The first-order valence-corrected chi connectivity index (χ1v) is 6.45. The summed E-state index contributed by atoms with van der Waals surface area (Å²) in [5, 5.41) is 0. The maximum absolute atomic E-state index is 4.98. The average molecular weight is 280 g/mol. The lowest BCUT2D eigenvalue weighted by molar-refractivity contribution is 0.380. The lowest BCUT2D eigenvalue weighted by Crippen LogP contribution is -1.92. The number of ether oxygens (including phenoxy) is 1. The Balaban J connectivity index is 2.00. The highest BCUT2D eigenvalue weighted by molar-refractivity contribution is 5.83. The van der Waals surface area contributed by atoms with E-state index in [1.807, 2.05) is 19.2 Å². The Hall–Kier alpha value is -2.96. The molecule has 4 aromatic rings. The van der Waals surface area contributed by atoms with Crippen LogP contribution in [0.1, 0.15) is 5.82 Å². The Labute approximate surface area is 119 Å². The van der Waals surface area contributed by atoms with E-state index in [0.29, 0.717) is 6.01 Å². The molecule has 0 saturated carbocycles. The maximum Gasteiger partial charge on any atom is 0.316 e. The number of imidazole rings is 1. The van der Waals surface area contributed by atoms with Gasteiger partial charge in [-0.05, 0) is 13.0 Å².